The molecule has 0 aliphatic carbocycles. The fourth-order valence-electron chi connectivity index (χ4n) is 3.71. The number of rotatable bonds is 19. The van der Waals surface area contributed by atoms with Crippen molar-refractivity contribution >= 4 is 10.1 Å². The molecule has 1 rings (SSSR count). The topological polar surface area (TPSA) is 43.4 Å². The van der Waals surface area contributed by atoms with Crippen molar-refractivity contribution in [2.75, 3.05) is 0 Å². The van der Waals surface area contributed by atoms with Crippen molar-refractivity contribution in [1.82, 2.24) is 0 Å². The summed E-state index contributed by atoms with van der Waals surface area (Å²) in [5.41, 5.74) is 0. The molecule has 0 spiro atoms. The first-order valence-electron chi connectivity index (χ1n) is 12.0. The Morgan fingerprint density at radius 3 is 1.55 bits per heavy atom. The van der Waals surface area contributed by atoms with E-state index in [4.69, 9.17) is 4.18 Å². The molecule has 0 radical (unpaired) electrons. The van der Waals surface area contributed by atoms with E-state index in [1.54, 1.807) is 30.3 Å². The van der Waals surface area contributed by atoms with Gasteiger partial charge in [0.15, 0.2) is 0 Å². The van der Waals surface area contributed by atoms with E-state index in [0.717, 1.165) is 19.3 Å². The Balaban J connectivity index is 1.90. The van der Waals surface area contributed by atoms with Crippen molar-refractivity contribution in [1.29, 1.82) is 0 Å². The smallest absolute Gasteiger partial charge is 0.263 e. The summed E-state index contributed by atoms with van der Waals surface area (Å²) in [4.78, 5) is 0.239. The zero-order valence-electron chi connectivity index (χ0n) is 18.9. The Bertz CT molecular complexity index is 583. The Morgan fingerprint density at radius 1 is 0.690 bits per heavy atom. The number of hydrogen-bond acceptors (Lipinski definition) is 3. The minimum atomic E-state index is -3.63. The van der Waals surface area contributed by atoms with Crippen LogP contribution in [-0.4, -0.2) is 14.5 Å². The lowest BCUT2D eigenvalue weighted by Crippen LogP contribution is -2.15. The largest absolute Gasteiger partial charge is 0.297 e. The first-order valence-corrected chi connectivity index (χ1v) is 13.5. The average Bonchev–Trinajstić information content (AvgIpc) is 2.71. The molecule has 0 fully saturated rings. The Kier molecular flexibility index (Phi) is 15.2. The molecule has 1 aromatic carbocycles. The number of unbranched alkanes of at least 4 members (excludes halogenated alkanes) is 14. The van der Waals surface area contributed by atoms with Gasteiger partial charge in [-0.25, -0.2) is 0 Å². The molecule has 0 aromatic heterocycles. The SMILES string of the molecule is CCCCCCCCCCCCCCCCCC(C)OS(=O)(=O)c1ccccc1. The van der Waals surface area contributed by atoms with E-state index < -0.39 is 10.1 Å². The molecule has 0 aliphatic heterocycles. The van der Waals surface area contributed by atoms with Crippen LogP contribution in [0.3, 0.4) is 0 Å². The molecule has 1 aromatic rings. The van der Waals surface area contributed by atoms with Crippen LogP contribution < -0.4 is 0 Å². The third-order valence-electron chi connectivity index (χ3n) is 5.54. The van der Waals surface area contributed by atoms with E-state index in [1.165, 1.54) is 83.5 Å². The predicted molar refractivity (Wildman–Crippen MR) is 124 cm³/mol. The monoisotopic (exact) mass is 424 g/mol. The van der Waals surface area contributed by atoms with Gasteiger partial charge in [-0.15, -0.1) is 0 Å². The Labute approximate surface area is 180 Å². The van der Waals surface area contributed by atoms with E-state index in [0.29, 0.717) is 0 Å². The number of benzene rings is 1. The van der Waals surface area contributed by atoms with Crippen LogP contribution in [0.4, 0.5) is 0 Å². The standard InChI is InChI=1S/C25H44O3S/c1-3-4-5-6-7-8-9-10-11-12-13-14-15-16-18-21-24(2)28-29(26,27)25-22-19-17-20-23-25/h17,19-20,22-24H,3-16,18,21H2,1-2H3. The summed E-state index contributed by atoms with van der Waals surface area (Å²) >= 11 is 0. The van der Waals surface area contributed by atoms with Gasteiger partial charge in [-0.2, -0.15) is 8.42 Å². The molecule has 4 heteroatoms. The van der Waals surface area contributed by atoms with Crippen LogP contribution >= 0.6 is 0 Å². The van der Waals surface area contributed by atoms with Gasteiger partial charge < -0.3 is 0 Å². The van der Waals surface area contributed by atoms with Gasteiger partial charge in [0.25, 0.3) is 10.1 Å². The van der Waals surface area contributed by atoms with Crippen LogP contribution in [0, 0.1) is 0 Å². The third kappa shape index (κ3) is 13.9. The maximum atomic E-state index is 12.2. The van der Waals surface area contributed by atoms with E-state index in [-0.39, 0.29) is 11.0 Å². The fourth-order valence-corrected chi connectivity index (χ4v) is 4.84. The molecule has 0 saturated heterocycles. The second kappa shape index (κ2) is 16.9. The van der Waals surface area contributed by atoms with E-state index in [2.05, 4.69) is 6.92 Å². The quantitative estimate of drug-likeness (QED) is 0.167. The summed E-state index contributed by atoms with van der Waals surface area (Å²) in [5.74, 6) is 0. The van der Waals surface area contributed by atoms with Crippen molar-refractivity contribution in [3.05, 3.63) is 30.3 Å². The van der Waals surface area contributed by atoms with Gasteiger partial charge in [-0.3, -0.25) is 4.18 Å². The fraction of sp³-hybridized carbons (Fsp3) is 0.760. The van der Waals surface area contributed by atoms with E-state index in [1.807, 2.05) is 6.92 Å². The minimum absolute atomic E-state index is 0.239. The molecule has 3 nitrogen and oxygen atoms in total. The normalized spacial score (nSPS) is 12.9. The zero-order chi connectivity index (χ0) is 21.2. The van der Waals surface area contributed by atoms with Crippen LogP contribution in [0.25, 0.3) is 0 Å². The summed E-state index contributed by atoms with van der Waals surface area (Å²) in [6.45, 7) is 4.12. The summed E-state index contributed by atoms with van der Waals surface area (Å²) in [5, 5.41) is 0. The molecule has 1 unspecified atom stereocenters. The van der Waals surface area contributed by atoms with Gasteiger partial charge in [0, 0.05) is 0 Å². The lowest BCUT2D eigenvalue weighted by molar-refractivity contribution is 0.213. The van der Waals surface area contributed by atoms with Crippen molar-refractivity contribution < 1.29 is 12.6 Å². The molecule has 0 bridgehead atoms. The van der Waals surface area contributed by atoms with Crippen LogP contribution in [0.5, 0.6) is 0 Å². The highest BCUT2D eigenvalue weighted by molar-refractivity contribution is 7.86. The van der Waals surface area contributed by atoms with Crippen LogP contribution in [0.2, 0.25) is 0 Å². The van der Waals surface area contributed by atoms with Gasteiger partial charge in [-0.05, 0) is 25.5 Å². The van der Waals surface area contributed by atoms with Crippen molar-refractivity contribution in [3.8, 4) is 0 Å². The predicted octanol–water partition coefficient (Wildman–Crippen LogP) is 8.04. The molecule has 1 atom stereocenters. The average molecular weight is 425 g/mol. The summed E-state index contributed by atoms with van der Waals surface area (Å²) in [6.07, 6.45) is 20.6. The highest BCUT2D eigenvalue weighted by Gasteiger charge is 2.18. The second-order valence-electron chi connectivity index (χ2n) is 8.41. The summed E-state index contributed by atoms with van der Waals surface area (Å²) < 4.78 is 29.7. The molecule has 168 valence electrons. The zero-order valence-corrected chi connectivity index (χ0v) is 19.7. The second-order valence-corrected chi connectivity index (χ2v) is 9.98. The lowest BCUT2D eigenvalue weighted by atomic mass is 10.0. The maximum Gasteiger partial charge on any atom is 0.297 e. The molecular formula is C25H44O3S. The van der Waals surface area contributed by atoms with Gasteiger partial charge in [-0.1, -0.05) is 121 Å². The highest BCUT2D eigenvalue weighted by atomic mass is 32.2. The van der Waals surface area contributed by atoms with Gasteiger partial charge in [0.05, 0.1) is 11.0 Å². The van der Waals surface area contributed by atoms with Crippen molar-refractivity contribution in [3.63, 3.8) is 0 Å². The molecule has 0 saturated carbocycles. The molecule has 0 amide bonds. The van der Waals surface area contributed by atoms with Crippen molar-refractivity contribution in [2.45, 2.75) is 128 Å². The van der Waals surface area contributed by atoms with Crippen LogP contribution in [0.15, 0.2) is 35.2 Å². The molecular weight excluding hydrogens is 380 g/mol. The van der Waals surface area contributed by atoms with Gasteiger partial charge in [0.2, 0.25) is 0 Å². The van der Waals surface area contributed by atoms with E-state index in [9.17, 15) is 8.42 Å². The first-order chi connectivity index (χ1) is 14.1. The maximum absolute atomic E-state index is 12.2. The Morgan fingerprint density at radius 2 is 1.10 bits per heavy atom. The molecule has 0 heterocycles. The minimum Gasteiger partial charge on any atom is -0.263 e. The Hall–Kier alpha value is -0.870. The molecule has 29 heavy (non-hydrogen) atoms. The number of hydrogen-bond donors (Lipinski definition) is 0. The van der Waals surface area contributed by atoms with E-state index >= 15 is 0 Å². The van der Waals surface area contributed by atoms with Crippen LogP contribution in [0.1, 0.15) is 117 Å². The highest BCUT2D eigenvalue weighted by Crippen LogP contribution is 2.18. The molecule has 0 N–H and O–H groups in total. The third-order valence-corrected chi connectivity index (χ3v) is 6.97. The van der Waals surface area contributed by atoms with Crippen LogP contribution in [-0.2, 0) is 14.3 Å². The lowest BCUT2D eigenvalue weighted by Gasteiger charge is -2.13. The van der Waals surface area contributed by atoms with Crippen molar-refractivity contribution in [2.24, 2.45) is 0 Å². The summed E-state index contributed by atoms with van der Waals surface area (Å²) in [6, 6.07) is 8.40. The van der Waals surface area contributed by atoms with Gasteiger partial charge >= 0.3 is 0 Å². The molecule has 0 aliphatic rings. The van der Waals surface area contributed by atoms with Gasteiger partial charge in [0.1, 0.15) is 0 Å². The first kappa shape index (κ1) is 26.2. The summed E-state index contributed by atoms with van der Waals surface area (Å²) in [7, 11) is -3.63.